The van der Waals surface area contributed by atoms with Crippen LogP contribution in [-0.2, 0) is 4.74 Å². The molecule has 0 radical (unpaired) electrons. The van der Waals surface area contributed by atoms with Crippen LogP contribution < -0.4 is 4.90 Å². The Labute approximate surface area is 195 Å². The van der Waals surface area contributed by atoms with Crippen molar-refractivity contribution < 1.29 is 9.53 Å². The van der Waals surface area contributed by atoms with Crippen molar-refractivity contribution in [1.82, 2.24) is 14.9 Å². The van der Waals surface area contributed by atoms with E-state index < -0.39 is 5.60 Å². The van der Waals surface area contributed by atoms with Gasteiger partial charge in [0.1, 0.15) is 5.60 Å². The molecule has 2 aromatic carbocycles. The van der Waals surface area contributed by atoms with E-state index in [4.69, 9.17) is 26.3 Å². The van der Waals surface area contributed by atoms with E-state index in [0.717, 1.165) is 26.6 Å². The molecule has 0 atom stereocenters. The standard InChI is InChI=1S/C23H24BrClN4O2/c1-23(2,3)31-22(30)29-12-10-28(11-13-29)21-26-19-9-8-15(24)14-17(19)20(27-21)16-6-4-5-7-18(16)25/h4-9,14H,10-13H2,1-3H3. The average molecular weight is 504 g/mol. The Kier molecular flexibility index (Phi) is 6.08. The molecule has 4 rings (SSSR count). The molecular weight excluding hydrogens is 480 g/mol. The maximum atomic E-state index is 12.4. The largest absolute Gasteiger partial charge is 0.444 e. The van der Waals surface area contributed by atoms with Crippen molar-refractivity contribution >= 4 is 50.5 Å². The summed E-state index contributed by atoms with van der Waals surface area (Å²) in [6.07, 6.45) is -0.284. The molecule has 1 aliphatic rings. The topological polar surface area (TPSA) is 58.6 Å². The molecule has 1 saturated heterocycles. The number of hydrogen-bond donors (Lipinski definition) is 0. The molecule has 1 amide bonds. The van der Waals surface area contributed by atoms with Crippen LogP contribution >= 0.6 is 27.5 Å². The van der Waals surface area contributed by atoms with Crippen LogP contribution in [0.25, 0.3) is 22.2 Å². The van der Waals surface area contributed by atoms with Crippen LogP contribution in [0.1, 0.15) is 20.8 Å². The maximum Gasteiger partial charge on any atom is 0.410 e. The monoisotopic (exact) mass is 502 g/mol. The Bertz CT molecular complexity index is 1120. The van der Waals surface area contributed by atoms with Crippen molar-refractivity contribution in [2.45, 2.75) is 26.4 Å². The summed E-state index contributed by atoms with van der Waals surface area (Å²) < 4.78 is 6.45. The van der Waals surface area contributed by atoms with Gasteiger partial charge in [-0.15, -0.1) is 0 Å². The second-order valence-electron chi connectivity index (χ2n) is 8.47. The van der Waals surface area contributed by atoms with E-state index in [2.05, 4.69) is 20.8 Å². The highest BCUT2D eigenvalue weighted by Gasteiger charge is 2.27. The number of piperazine rings is 1. The molecule has 1 aromatic heterocycles. The lowest BCUT2D eigenvalue weighted by Crippen LogP contribution is -2.50. The van der Waals surface area contributed by atoms with E-state index in [1.165, 1.54) is 0 Å². The third-order valence-electron chi connectivity index (χ3n) is 4.99. The first-order chi connectivity index (χ1) is 14.7. The minimum absolute atomic E-state index is 0.284. The molecule has 0 bridgehead atoms. The van der Waals surface area contributed by atoms with Crippen molar-refractivity contribution in [3.63, 3.8) is 0 Å². The number of hydrogen-bond acceptors (Lipinski definition) is 5. The molecule has 0 spiro atoms. The summed E-state index contributed by atoms with van der Waals surface area (Å²) in [5.74, 6) is 0.633. The number of nitrogens with zero attached hydrogens (tertiary/aromatic N) is 4. The zero-order valence-corrected chi connectivity index (χ0v) is 20.1. The van der Waals surface area contributed by atoms with Gasteiger partial charge in [-0.3, -0.25) is 0 Å². The summed E-state index contributed by atoms with van der Waals surface area (Å²) in [7, 11) is 0. The fourth-order valence-electron chi connectivity index (χ4n) is 3.50. The fraction of sp³-hybridized carbons (Fsp3) is 0.348. The summed E-state index contributed by atoms with van der Waals surface area (Å²) in [6.45, 7) is 7.98. The van der Waals surface area contributed by atoms with Crippen LogP contribution in [0, 0.1) is 0 Å². The van der Waals surface area contributed by atoms with E-state index in [-0.39, 0.29) is 6.09 Å². The van der Waals surface area contributed by atoms with Gasteiger partial charge in [-0.25, -0.2) is 14.8 Å². The van der Waals surface area contributed by atoms with Gasteiger partial charge in [0.05, 0.1) is 11.2 Å². The normalized spacial score (nSPS) is 14.7. The van der Waals surface area contributed by atoms with Crippen LogP contribution in [0.4, 0.5) is 10.7 Å². The highest BCUT2D eigenvalue weighted by Crippen LogP contribution is 2.34. The van der Waals surface area contributed by atoms with Crippen LogP contribution in [0.15, 0.2) is 46.9 Å². The lowest BCUT2D eigenvalue weighted by molar-refractivity contribution is 0.0240. The molecule has 1 aliphatic heterocycles. The Morgan fingerprint density at radius 2 is 1.77 bits per heavy atom. The van der Waals surface area contributed by atoms with E-state index >= 15 is 0 Å². The molecule has 1 fully saturated rings. The molecule has 3 aromatic rings. The van der Waals surface area contributed by atoms with Crippen LogP contribution in [0.5, 0.6) is 0 Å². The zero-order valence-electron chi connectivity index (χ0n) is 17.7. The number of aromatic nitrogens is 2. The van der Waals surface area contributed by atoms with Crippen LogP contribution in [0.3, 0.4) is 0 Å². The Balaban J connectivity index is 1.65. The third kappa shape index (κ3) is 4.93. The number of benzene rings is 2. The molecule has 0 saturated carbocycles. The molecular formula is C23H24BrClN4O2. The highest BCUT2D eigenvalue weighted by atomic mass is 79.9. The second kappa shape index (κ2) is 8.63. The number of fused-ring (bicyclic) bond motifs is 1. The third-order valence-corrected chi connectivity index (χ3v) is 5.81. The molecule has 162 valence electrons. The van der Waals surface area contributed by atoms with Gasteiger partial charge in [0, 0.05) is 46.6 Å². The lowest BCUT2D eigenvalue weighted by atomic mass is 10.1. The molecule has 2 heterocycles. The summed E-state index contributed by atoms with van der Waals surface area (Å²) >= 11 is 10.0. The second-order valence-corrected chi connectivity index (χ2v) is 9.79. The SMILES string of the molecule is CC(C)(C)OC(=O)N1CCN(c2nc(-c3ccccc3Cl)c3cc(Br)ccc3n2)CC1. The van der Waals surface area contributed by atoms with Crippen LogP contribution in [0.2, 0.25) is 5.02 Å². The number of ether oxygens (including phenoxy) is 1. The number of halogens is 2. The first-order valence-electron chi connectivity index (χ1n) is 10.2. The van der Waals surface area contributed by atoms with Gasteiger partial charge in [-0.2, -0.15) is 0 Å². The molecule has 31 heavy (non-hydrogen) atoms. The van der Waals surface area contributed by atoms with Crippen molar-refractivity contribution in [3.8, 4) is 11.3 Å². The van der Waals surface area contributed by atoms with E-state index in [9.17, 15) is 4.79 Å². The van der Waals surface area contributed by atoms with E-state index in [0.29, 0.717) is 37.1 Å². The molecule has 0 aliphatic carbocycles. The van der Waals surface area contributed by atoms with Gasteiger partial charge >= 0.3 is 6.09 Å². The van der Waals surface area contributed by atoms with Crippen molar-refractivity contribution in [2.75, 3.05) is 31.1 Å². The summed E-state index contributed by atoms with van der Waals surface area (Å²) in [4.78, 5) is 25.9. The van der Waals surface area contributed by atoms with Gasteiger partial charge in [-0.1, -0.05) is 45.7 Å². The zero-order chi connectivity index (χ0) is 22.2. The van der Waals surface area contributed by atoms with E-state index in [1.54, 1.807) is 4.90 Å². The number of carbonyl (C=O) groups is 1. The van der Waals surface area contributed by atoms with Crippen molar-refractivity contribution in [1.29, 1.82) is 0 Å². The van der Waals surface area contributed by atoms with Gasteiger partial charge < -0.3 is 14.5 Å². The molecule has 0 unspecified atom stereocenters. The molecule has 6 nitrogen and oxygen atoms in total. The predicted octanol–water partition coefficient (Wildman–Crippen LogP) is 5.77. The number of carbonyl (C=O) groups excluding carboxylic acids is 1. The Morgan fingerprint density at radius 1 is 1.06 bits per heavy atom. The Morgan fingerprint density at radius 3 is 2.45 bits per heavy atom. The molecule has 0 N–H and O–H groups in total. The van der Waals surface area contributed by atoms with Crippen molar-refractivity contribution in [3.05, 3.63) is 52.0 Å². The predicted molar refractivity (Wildman–Crippen MR) is 128 cm³/mol. The number of anilines is 1. The van der Waals surface area contributed by atoms with Gasteiger partial charge in [0.25, 0.3) is 0 Å². The Hall–Kier alpha value is -2.38. The number of amides is 1. The van der Waals surface area contributed by atoms with Gasteiger partial charge in [-0.05, 0) is 45.0 Å². The first kappa shape index (κ1) is 21.8. The van der Waals surface area contributed by atoms with Crippen LogP contribution in [-0.4, -0.2) is 52.7 Å². The summed E-state index contributed by atoms with van der Waals surface area (Å²) in [5, 5.41) is 1.57. The smallest absolute Gasteiger partial charge is 0.410 e. The first-order valence-corrected chi connectivity index (χ1v) is 11.3. The quantitative estimate of drug-likeness (QED) is 0.444. The highest BCUT2D eigenvalue weighted by molar-refractivity contribution is 9.10. The number of rotatable bonds is 2. The summed E-state index contributed by atoms with van der Waals surface area (Å²) in [6, 6.07) is 13.6. The maximum absolute atomic E-state index is 12.4. The van der Waals surface area contributed by atoms with Gasteiger partial charge in [0.15, 0.2) is 0 Å². The minimum Gasteiger partial charge on any atom is -0.444 e. The van der Waals surface area contributed by atoms with Gasteiger partial charge in [0.2, 0.25) is 5.95 Å². The van der Waals surface area contributed by atoms with E-state index in [1.807, 2.05) is 63.2 Å². The molecule has 8 heteroatoms. The average Bonchev–Trinajstić information content (AvgIpc) is 2.72. The van der Waals surface area contributed by atoms with Crippen molar-refractivity contribution in [2.24, 2.45) is 0 Å². The summed E-state index contributed by atoms with van der Waals surface area (Å²) in [5.41, 5.74) is 2.00. The minimum atomic E-state index is -0.506. The lowest BCUT2D eigenvalue weighted by Gasteiger charge is -2.35. The fourth-order valence-corrected chi connectivity index (χ4v) is 4.09.